The summed E-state index contributed by atoms with van der Waals surface area (Å²) in [7, 11) is 3.23. The third-order valence-corrected chi connectivity index (χ3v) is 6.57. The summed E-state index contributed by atoms with van der Waals surface area (Å²) in [5, 5.41) is 14.1. The predicted octanol–water partition coefficient (Wildman–Crippen LogP) is 5.88. The Morgan fingerprint density at radius 1 is 0.974 bits per heavy atom. The molecule has 38 heavy (non-hydrogen) atoms. The van der Waals surface area contributed by atoms with Crippen LogP contribution in [-0.2, 0) is 6.54 Å². The zero-order valence-corrected chi connectivity index (χ0v) is 21.4. The maximum absolute atomic E-state index is 5.55. The summed E-state index contributed by atoms with van der Waals surface area (Å²) in [6, 6.07) is 19.3. The highest BCUT2D eigenvalue weighted by Crippen LogP contribution is 2.32. The minimum absolute atomic E-state index is 0.455. The fourth-order valence-corrected chi connectivity index (χ4v) is 4.69. The zero-order chi connectivity index (χ0) is 25.9. The van der Waals surface area contributed by atoms with Crippen molar-refractivity contribution < 1.29 is 13.9 Å². The minimum Gasteiger partial charge on any atom is -0.493 e. The van der Waals surface area contributed by atoms with Crippen molar-refractivity contribution in [1.29, 1.82) is 0 Å². The van der Waals surface area contributed by atoms with E-state index < -0.39 is 0 Å². The molecule has 0 radical (unpaired) electrons. The Hall–Kier alpha value is -4.90. The van der Waals surface area contributed by atoms with E-state index in [9.17, 15) is 0 Å². The molecule has 10 nitrogen and oxygen atoms in total. The van der Waals surface area contributed by atoms with Gasteiger partial charge in [0.05, 0.1) is 31.7 Å². The Labute approximate surface area is 221 Å². The molecule has 2 aromatic carbocycles. The molecular weight excluding hydrogens is 502 g/mol. The molecule has 0 aliphatic carbocycles. The second kappa shape index (κ2) is 10.2. The van der Waals surface area contributed by atoms with Gasteiger partial charge in [-0.3, -0.25) is 0 Å². The fourth-order valence-electron chi connectivity index (χ4n) is 3.96. The first-order chi connectivity index (χ1) is 18.7. The SMILES string of the molecule is COc1ccc(CNc2ncc(-c3csc(Nc4ccccc4)n3)c3nc(-c4ccco4)nn23)cc1OC. The molecule has 0 bridgehead atoms. The largest absolute Gasteiger partial charge is 0.493 e. The van der Waals surface area contributed by atoms with Crippen molar-refractivity contribution in [1.82, 2.24) is 24.6 Å². The number of furan rings is 1. The number of rotatable bonds is 9. The van der Waals surface area contributed by atoms with Crippen molar-refractivity contribution in [2.45, 2.75) is 6.54 Å². The molecule has 0 spiro atoms. The van der Waals surface area contributed by atoms with Gasteiger partial charge in [0.1, 0.15) is 0 Å². The van der Waals surface area contributed by atoms with Gasteiger partial charge >= 0.3 is 0 Å². The van der Waals surface area contributed by atoms with Crippen LogP contribution in [-0.4, -0.2) is 38.8 Å². The second-order valence-corrected chi connectivity index (χ2v) is 9.07. The number of hydrogen-bond donors (Lipinski definition) is 2. The first kappa shape index (κ1) is 23.5. The van der Waals surface area contributed by atoms with E-state index in [1.54, 1.807) is 37.3 Å². The Morgan fingerprint density at radius 2 is 1.84 bits per heavy atom. The summed E-state index contributed by atoms with van der Waals surface area (Å²) in [5.74, 6) is 2.88. The Bertz CT molecular complexity index is 1680. The van der Waals surface area contributed by atoms with Gasteiger partial charge in [-0.1, -0.05) is 24.3 Å². The lowest BCUT2D eigenvalue weighted by Crippen LogP contribution is -2.08. The first-order valence-electron chi connectivity index (χ1n) is 11.7. The molecule has 0 aliphatic heterocycles. The molecule has 0 amide bonds. The fraction of sp³-hybridized carbons (Fsp3) is 0.111. The van der Waals surface area contributed by atoms with Gasteiger partial charge in [-0.2, -0.15) is 4.52 Å². The number of para-hydroxylation sites is 1. The van der Waals surface area contributed by atoms with Crippen LogP contribution in [0.4, 0.5) is 16.8 Å². The van der Waals surface area contributed by atoms with Crippen LogP contribution in [0, 0.1) is 0 Å². The monoisotopic (exact) mass is 525 g/mol. The maximum Gasteiger partial charge on any atom is 0.226 e. The van der Waals surface area contributed by atoms with Crippen LogP contribution >= 0.6 is 11.3 Å². The van der Waals surface area contributed by atoms with Crippen LogP contribution in [0.2, 0.25) is 0 Å². The predicted molar refractivity (Wildman–Crippen MR) is 146 cm³/mol. The van der Waals surface area contributed by atoms with Crippen LogP contribution in [0.3, 0.4) is 0 Å². The Kier molecular flexibility index (Phi) is 6.32. The number of nitrogens with one attached hydrogen (secondary N) is 2. The highest BCUT2D eigenvalue weighted by atomic mass is 32.1. The van der Waals surface area contributed by atoms with E-state index in [0.717, 1.165) is 27.6 Å². The highest BCUT2D eigenvalue weighted by Gasteiger charge is 2.19. The van der Waals surface area contributed by atoms with Crippen LogP contribution in [0.5, 0.6) is 11.5 Å². The summed E-state index contributed by atoms with van der Waals surface area (Å²) in [4.78, 5) is 14.2. The number of nitrogens with zero attached hydrogens (tertiary/aromatic N) is 5. The molecule has 190 valence electrons. The molecule has 2 N–H and O–H groups in total. The minimum atomic E-state index is 0.455. The molecule has 0 saturated carbocycles. The third kappa shape index (κ3) is 4.62. The molecule has 11 heteroatoms. The molecule has 0 saturated heterocycles. The molecule has 0 fully saturated rings. The van der Waals surface area contributed by atoms with Gasteiger partial charge in [0.15, 0.2) is 28.0 Å². The van der Waals surface area contributed by atoms with E-state index in [4.69, 9.17) is 29.0 Å². The summed E-state index contributed by atoms with van der Waals surface area (Å²) >= 11 is 1.51. The molecule has 6 aromatic rings. The van der Waals surface area contributed by atoms with E-state index in [-0.39, 0.29) is 0 Å². The van der Waals surface area contributed by atoms with Gasteiger partial charge < -0.3 is 24.5 Å². The second-order valence-electron chi connectivity index (χ2n) is 8.22. The first-order valence-corrected chi connectivity index (χ1v) is 12.6. The van der Waals surface area contributed by atoms with Gasteiger partial charge in [-0.05, 0) is 42.0 Å². The van der Waals surface area contributed by atoms with E-state index in [1.807, 2.05) is 60.0 Å². The van der Waals surface area contributed by atoms with Gasteiger partial charge in [0.2, 0.25) is 11.8 Å². The Balaban J connectivity index is 1.34. The van der Waals surface area contributed by atoms with Crippen LogP contribution in [0.25, 0.3) is 28.5 Å². The van der Waals surface area contributed by atoms with E-state index in [1.165, 1.54) is 11.3 Å². The van der Waals surface area contributed by atoms with E-state index in [2.05, 4.69) is 15.6 Å². The van der Waals surface area contributed by atoms with Crippen molar-refractivity contribution in [3.8, 4) is 34.3 Å². The number of methoxy groups -OCH3 is 2. The number of thiazole rings is 1. The van der Waals surface area contributed by atoms with Crippen molar-refractivity contribution in [3.05, 3.63) is 84.1 Å². The number of aromatic nitrogens is 5. The van der Waals surface area contributed by atoms with Crippen LogP contribution < -0.4 is 20.1 Å². The average molecular weight is 526 g/mol. The van der Waals surface area contributed by atoms with E-state index >= 15 is 0 Å². The number of ether oxygens (including phenoxy) is 2. The lowest BCUT2D eigenvalue weighted by Gasteiger charge is -2.11. The maximum atomic E-state index is 5.55. The lowest BCUT2D eigenvalue weighted by atomic mass is 10.2. The van der Waals surface area contributed by atoms with Crippen LogP contribution in [0.15, 0.2) is 82.9 Å². The summed E-state index contributed by atoms with van der Waals surface area (Å²) in [6.45, 7) is 0.486. The van der Waals surface area contributed by atoms with Crippen molar-refractivity contribution in [2.75, 3.05) is 24.9 Å². The molecule has 0 atom stereocenters. The van der Waals surface area contributed by atoms with Crippen molar-refractivity contribution in [2.24, 2.45) is 0 Å². The molecule has 0 aliphatic rings. The topological polar surface area (TPSA) is 112 Å². The highest BCUT2D eigenvalue weighted by molar-refractivity contribution is 7.14. The molecular formula is C27H23N7O3S. The number of fused-ring (bicyclic) bond motifs is 1. The summed E-state index contributed by atoms with van der Waals surface area (Å²) in [6.07, 6.45) is 3.35. The lowest BCUT2D eigenvalue weighted by molar-refractivity contribution is 0.354. The quantitative estimate of drug-likeness (QED) is 0.239. The van der Waals surface area contributed by atoms with Gasteiger partial charge in [-0.25, -0.2) is 15.0 Å². The average Bonchev–Trinajstić information content (AvgIpc) is 3.73. The zero-order valence-electron chi connectivity index (χ0n) is 20.6. The molecule has 6 rings (SSSR count). The smallest absolute Gasteiger partial charge is 0.226 e. The van der Waals surface area contributed by atoms with Crippen LogP contribution in [0.1, 0.15) is 5.56 Å². The third-order valence-electron chi connectivity index (χ3n) is 5.81. The van der Waals surface area contributed by atoms with Gasteiger partial charge in [0.25, 0.3) is 0 Å². The van der Waals surface area contributed by atoms with E-state index in [0.29, 0.717) is 41.2 Å². The number of anilines is 3. The van der Waals surface area contributed by atoms with Gasteiger partial charge in [-0.15, -0.1) is 16.4 Å². The summed E-state index contributed by atoms with van der Waals surface area (Å²) in [5.41, 5.74) is 4.07. The molecule has 4 aromatic heterocycles. The van der Waals surface area contributed by atoms with Gasteiger partial charge in [0, 0.05) is 23.8 Å². The van der Waals surface area contributed by atoms with Crippen molar-refractivity contribution >= 4 is 33.8 Å². The Morgan fingerprint density at radius 3 is 2.63 bits per heavy atom. The van der Waals surface area contributed by atoms with Crippen molar-refractivity contribution in [3.63, 3.8) is 0 Å². The number of benzene rings is 2. The summed E-state index contributed by atoms with van der Waals surface area (Å²) < 4.78 is 18.0. The number of hydrogen-bond acceptors (Lipinski definition) is 10. The standard InChI is InChI=1S/C27H23N7O3S/c1-35-21-11-10-17(13-23(21)36-2)14-28-26-29-15-19(25-32-24(33-34(25)26)22-9-6-12-37-22)20-16-38-27(31-20)30-18-7-4-3-5-8-18/h3-13,15-16H,14H2,1-2H3,(H,28,29)(H,30,31). The normalized spacial score (nSPS) is 11.0. The molecule has 4 heterocycles. The molecule has 0 unspecified atom stereocenters.